The van der Waals surface area contributed by atoms with Gasteiger partial charge in [-0.3, -0.25) is 14.4 Å². The van der Waals surface area contributed by atoms with Gasteiger partial charge in [0, 0.05) is 9.92 Å². The Morgan fingerprint density at radius 3 is 2.69 bits per heavy atom. The molecule has 10 heteroatoms. The minimum absolute atomic E-state index is 0.154. The first kappa shape index (κ1) is 23.0. The van der Waals surface area contributed by atoms with Crippen molar-refractivity contribution >= 4 is 52.8 Å². The Morgan fingerprint density at radius 2 is 2.03 bits per heavy atom. The van der Waals surface area contributed by atoms with Crippen molar-refractivity contribution in [3.05, 3.63) is 23.2 Å². The minimum Gasteiger partial charge on any atom is -0.467 e. The second-order valence-electron chi connectivity index (χ2n) is 6.87. The highest BCUT2D eigenvalue weighted by Gasteiger charge is 2.30. The van der Waals surface area contributed by atoms with E-state index in [0.29, 0.717) is 17.1 Å². The molecule has 1 heterocycles. The number of anilines is 1. The van der Waals surface area contributed by atoms with Gasteiger partial charge in [-0.05, 0) is 30.5 Å². The third kappa shape index (κ3) is 6.93. The number of hydrogen-bond donors (Lipinski definition) is 2. The molecule has 8 nitrogen and oxygen atoms in total. The zero-order valence-corrected chi connectivity index (χ0v) is 17.9. The van der Waals surface area contributed by atoms with Crippen molar-refractivity contribution in [2.24, 2.45) is 5.92 Å². The number of carbonyl (C=O) groups is 4. The van der Waals surface area contributed by atoms with Crippen LogP contribution in [0.15, 0.2) is 23.1 Å². The van der Waals surface area contributed by atoms with Gasteiger partial charge in [0.2, 0.25) is 5.91 Å². The first-order valence-corrected chi connectivity index (χ1v) is 10.2. The first-order valence-electron chi connectivity index (χ1n) is 8.99. The maximum atomic E-state index is 12.2. The van der Waals surface area contributed by atoms with Crippen molar-refractivity contribution in [2.45, 2.75) is 42.9 Å². The summed E-state index contributed by atoms with van der Waals surface area (Å²) in [5, 5.41) is 5.02. The summed E-state index contributed by atoms with van der Waals surface area (Å²) in [6.07, 6.45) is 0.201. The summed E-state index contributed by atoms with van der Waals surface area (Å²) in [5.74, 6) is -2.05. The normalized spacial score (nSPS) is 16.4. The van der Waals surface area contributed by atoms with Gasteiger partial charge in [-0.1, -0.05) is 25.4 Å². The van der Waals surface area contributed by atoms with Gasteiger partial charge in [-0.2, -0.15) is 0 Å². The number of ether oxygens (including phenoxy) is 2. The highest BCUT2D eigenvalue weighted by atomic mass is 35.5. The van der Waals surface area contributed by atoms with Crippen LogP contribution in [0, 0.1) is 5.92 Å². The van der Waals surface area contributed by atoms with Crippen LogP contribution in [0.4, 0.5) is 5.69 Å². The Labute approximate surface area is 178 Å². The van der Waals surface area contributed by atoms with Crippen LogP contribution in [-0.4, -0.2) is 48.8 Å². The van der Waals surface area contributed by atoms with Crippen LogP contribution in [0.3, 0.4) is 0 Å². The van der Waals surface area contributed by atoms with Crippen molar-refractivity contribution in [1.82, 2.24) is 5.32 Å². The summed E-state index contributed by atoms with van der Waals surface area (Å²) in [6, 6.07) is 4.28. The van der Waals surface area contributed by atoms with E-state index in [2.05, 4.69) is 15.4 Å². The molecule has 0 radical (unpaired) electrons. The number of esters is 2. The smallest absolute Gasteiger partial charge is 0.328 e. The summed E-state index contributed by atoms with van der Waals surface area (Å²) in [5.41, 5.74) is 0.593. The molecule has 0 aromatic heterocycles. The second-order valence-corrected chi connectivity index (χ2v) is 8.55. The molecule has 1 aliphatic rings. The predicted molar refractivity (Wildman–Crippen MR) is 109 cm³/mol. The highest BCUT2D eigenvalue weighted by Crippen LogP contribution is 2.38. The van der Waals surface area contributed by atoms with E-state index in [1.165, 1.54) is 18.9 Å². The predicted octanol–water partition coefficient (Wildman–Crippen LogP) is 2.39. The molecule has 0 spiro atoms. The topological polar surface area (TPSA) is 111 Å². The molecule has 2 amide bonds. The monoisotopic (exact) mass is 442 g/mol. The summed E-state index contributed by atoms with van der Waals surface area (Å²) in [7, 11) is 1.24. The second kappa shape index (κ2) is 10.5. The number of hydrogen-bond acceptors (Lipinski definition) is 7. The minimum atomic E-state index is -0.811. The fourth-order valence-electron chi connectivity index (χ4n) is 2.68. The number of halogens is 1. The van der Waals surface area contributed by atoms with Crippen LogP contribution in [0.5, 0.6) is 0 Å². The highest BCUT2D eigenvalue weighted by molar-refractivity contribution is 8.01. The molecule has 2 unspecified atom stereocenters. The lowest BCUT2D eigenvalue weighted by Crippen LogP contribution is -2.44. The molecule has 0 saturated carbocycles. The number of rotatable bonds is 8. The van der Waals surface area contributed by atoms with Gasteiger partial charge in [0.05, 0.1) is 24.5 Å². The van der Waals surface area contributed by atoms with Gasteiger partial charge in [0.15, 0.2) is 6.61 Å². The average Bonchev–Trinajstić information content (AvgIpc) is 2.65. The van der Waals surface area contributed by atoms with Crippen molar-refractivity contribution in [2.75, 3.05) is 19.0 Å². The summed E-state index contributed by atoms with van der Waals surface area (Å²) in [6.45, 7) is 3.26. The van der Waals surface area contributed by atoms with Crippen LogP contribution in [0.2, 0.25) is 5.02 Å². The molecular formula is C19H23ClN2O6S. The quantitative estimate of drug-likeness (QED) is 0.594. The van der Waals surface area contributed by atoms with E-state index in [1.54, 1.807) is 18.2 Å². The number of thioether (sulfide) groups is 1. The SMILES string of the molecule is COC(=O)C(CC(C)C)NC(=O)COC(=O)CC1Sc2ccc(Cl)cc2NC1=O. The molecule has 2 N–H and O–H groups in total. The van der Waals surface area contributed by atoms with E-state index in [1.807, 2.05) is 13.8 Å². The number of amides is 2. The Hall–Kier alpha value is -2.26. The van der Waals surface area contributed by atoms with E-state index in [-0.39, 0.29) is 18.2 Å². The molecule has 2 rings (SSSR count). The first-order chi connectivity index (χ1) is 13.7. The third-order valence-corrected chi connectivity index (χ3v) is 5.52. The Morgan fingerprint density at radius 1 is 1.31 bits per heavy atom. The lowest BCUT2D eigenvalue weighted by Gasteiger charge is -2.23. The van der Waals surface area contributed by atoms with E-state index in [9.17, 15) is 19.2 Å². The van der Waals surface area contributed by atoms with Crippen molar-refractivity contribution in [3.63, 3.8) is 0 Å². The Balaban J connectivity index is 1.84. The molecule has 1 aromatic rings. The van der Waals surface area contributed by atoms with E-state index < -0.39 is 35.7 Å². The number of benzene rings is 1. The van der Waals surface area contributed by atoms with E-state index in [4.69, 9.17) is 16.3 Å². The van der Waals surface area contributed by atoms with E-state index >= 15 is 0 Å². The van der Waals surface area contributed by atoms with Crippen LogP contribution >= 0.6 is 23.4 Å². The molecule has 1 aromatic carbocycles. The Kier molecular flexibility index (Phi) is 8.33. The molecule has 2 atom stereocenters. The van der Waals surface area contributed by atoms with Gasteiger partial charge in [-0.15, -0.1) is 11.8 Å². The number of fused-ring (bicyclic) bond motifs is 1. The van der Waals surface area contributed by atoms with Crippen molar-refractivity contribution < 1.29 is 28.7 Å². The van der Waals surface area contributed by atoms with Crippen LogP contribution in [-0.2, 0) is 28.7 Å². The van der Waals surface area contributed by atoms with Crippen LogP contribution in [0.25, 0.3) is 0 Å². The van der Waals surface area contributed by atoms with Gasteiger partial charge in [0.1, 0.15) is 6.04 Å². The maximum absolute atomic E-state index is 12.2. The van der Waals surface area contributed by atoms with Crippen molar-refractivity contribution in [3.8, 4) is 0 Å². The largest absolute Gasteiger partial charge is 0.467 e. The summed E-state index contributed by atoms with van der Waals surface area (Å²) in [4.78, 5) is 48.8. The molecular weight excluding hydrogens is 420 g/mol. The van der Waals surface area contributed by atoms with Crippen LogP contribution < -0.4 is 10.6 Å². The average molecular weight is 443 g/mol. The summed E-state index contributed by atoms with van der Waals surface area (Å²) >= 11 is 7.13. The van der Waals surface area contributed by atoms with Gasteiger partial charge < -0.3 is 20.1 Å². The van der Waals surface area contributed by atoms with E-state index in [0.717, 1.165) is 4.90 Å². The van der Waals surface area contributed by atoms with Gasteiger partial charge >= 0.3 is 11.9 Å². The fourth-order valence-corrected chi connectivity index (χ4v) is 3.92. The molecule has 0 bridgehead atoms. The molecule has 29 heavy (non-hydrogen) atoms. The summed E-state index contributed by atoms with van der Waals surface area (Å²) < 4.78 is 9.63. The Bertz CT molecular complexity index is 801. The maximum Gasteiger partial charge on any atom is 0.328 e. The fraction of sp³-hybridized carbons (Fsp3) is 0.474. The van der Waals surface area contributed by atoms with Gasteiger partial charge in [-0.25, -0.2) is 4.79 Å². The van der Waals surface area contributed by atoms with Crippen LogP contribution in [0.1, 0.15) is 26.7 Å². The zero-order chi connectivity index (χ0) is 21.6. The molecule has 0 saturated heterocycles. The standard InChI is InChI=1S/C19H23ClN2O6S/c1-10(2)6-13(19(26)27-3)21-16(23)9-28-17(24)8-15-18(25)22-12-7-11(20)4-5-14(12)29-15/h4-5,7,10,13,15H,6,8-9H2,1-3H3,(H,21,23)(H,22,25). The zero-order valence-electron chi connectivity index (χ0n) is 16.3. The molecule has 0 fully saturated rings. The number of carbonyl (C=O) groups excluding carboxylic acids is 4. The molecule has 0 aliphatic carbocycles. The lowest BCUT2D eigenvalue weighted by molar-refractivity contribution is -0.150. The molecule has 1 aliphatic heterocycles. The number of methoxy groups -OCH3 is 1. The van der Waals surface area contributed by atoms with Crippen molar-refractivity contribution in [1.29, 1.82) is 0 Å². The number of nitrogens with one attached hydrogen (secondary N) is 2. The lowest BCUT2D eigenvalue weighted by atomic mass is 10.0. The third-order valence-electron chi connectivity index (χ3n) is 4.01. The van der Waals surface area contributed by atoms with Gasteiger partial charge in [0.25, 0.3) is 5.91 Å². The molecule has 158 valence electrons.